The molecule has 0 aromatic carbocycles. The maximum atomic E-state index is 11.9. The fourth-order valence-electron chi connectivity index (χ4n) is 3.68. The van der Waals surface area contributed by atoms with Crippen molar-refractivity contribution in [3.8, 4) is 0 Å². The van der Waals surface area contributed by atoms with Crippen LogP contribution >= 0.6 is 0 Å². The monoisotopic (exact) mass is 332 g/mol. The molecule has 4 atom stereocenters. The van der Waals surface area contributed by atoms with Gasteiger partial charge in [-0.25, -0.2) is 4.79 Å². The third kappa shape index (κ3) is 3.35. The smallest absolute Gasteiger partial charge is 0.334 e. The number of carbonyl (C=O) groups excluding carboxylic acids is 1. The number of aliphatic hydroxyl groups is 1. The molecule has 4 heteroatoms. The first-order valence-electron chi connectivity index (χ1n) is 8.90. The van der Waals surface area contributed by atoms with Crippen LogP contribution in [0.2, 0.25) is 0 Å². The highest BCUT2D eigenvalue weighted by Crippen LogP contribution is 2.44. The van der Waals surface area contributed by atoms with Crippen LogP contribution in [0.25, 0.3) is 0 Å². The number of hydrogen-bond donors (Lipinski definition) is 1. The highest BCUT2D eigenvalue weighted by Gasteiger charge is 2.56. The van der Waals surface area contributed by atoms with Gasteiger partial charge in [0.15, 0.2) is 0 Å². The van der Waals surface area contributed by atoms with Crippen LogP contribution < -0.4 is 0 Å². The summed E-state index contributed by atoms with van der Waals surface area (Å²) in [6, 6.07) is 0. The van der Waals surface area contributed by atoms with Gasteiger partial charge in [0.1, 0.15) is 11.7 Å². The molecule has 4 nitrogen and oxygen atoms in total. The van der Waals surface area contributed by atoms with E-state index in [1.807, 2.05) is 13.8 Å². The van der Waals surface area contributed by atoms with Gasteiger partial charge < -0.3 is 14.6 Å². The topological polar surface area (TPSA) is 59.1 Å². The fraction of sp³-hybridized carbons (Fsp3) is 0.650. The lowest BCUT2D eigenvalue weighted by Gasteiger charge is -2.16. The molecule has 0 spiro atoms. The predicted molar refractivity (Wildman–Crippen MR) is 92.5 cm³/mol. The standard InChI is InChI=1S/C20H28O4/c1-12-5-8-15-14(3)19(22)23-16(15)11-13(2)7-10-18-20(4,24-18)17(21)9-6-12/h6,11,16-18,21H,5,7-10H2,1-4H3/b12-6+,13-11+/t16-,17+,18+,20+/m0/s1. The van der Waals surface area contributed by atoms with Gasteiger partial charge in [0.2, 0.25) is 0 Å². The number of allylic oxidation sites excluding steroid dienone is 2. The molecule has 24 heavy (non-hydrogen) atoms. The molecule has 0 bridgehead atoms. The highest BCUT2D eigenvalue weighted by atomic mass is 16.6. The summed E-state index contributed by atoms with van der Waals surface area (Å²) in [5.41, 5.74) is 3.87. The molecule has 1 fully saturated rings. The number of esters is 1. The zero-order valence-electron chi connectivity index (χ0n) is 15.1. The average Bonchev–Trinajstić information content (AvgIpc) is 3.13. The maximum absolute atomic E-state index is 11.9. The molecule has 1 N–H and O–H groups in total. The second-order valence-electron chi connectivity index (χ2n) is 7.62. The Balaban J connectivity index is 1.83. The molecule has 2 heterocycles. The molecule has 2 aliphatic heterocycles. The average molecular weight is 332 g/mol. The van der Waals surface area contributed by atoms with Gasteiger partial charge in [-0.3, -0.25) is 0 Å². The Morgan fingerprint density at radius 2 is 1.92 bits per heavy atom. The van der Waals surface area contributed by atoms with Crippen LogP contribution in [0.5, 0.6) is 0 Å². The second kappa shape index (κ2) is 6.49. The number of epoxide rings is 1. The van der Waals surface area contributed by atoms with Crippen LogP contribution in [0.3, 0.4) is 0 Å². The molecular weight excluding hydrogens is 304 g/mol. The first kappa shape index (κ1) is 17.4. The van der Waals surface area contributed by atoms with Gasteiger partial charge in [-0.2, -0.15) is 0 Å². The quantitative estimate of drug-likeness (QED) is 0.418. The number of ether oxygens (including phenoxy) is 2. The lowest BCUT2D eigenvalue weighted by atomic mass is 9.91. The zero-order valence-corrected chi connectivity index (χ0v) is 15.1. The molecule has 3 rings (SSSR count). The first-order valence-corrected chi connectivity index (χ1v) is 8.90. The normalized spacial score (nSPS) is 42.0. The van der Waals surface area contributed by atoms with Crippen LogP contribution in [-0.2, 0) is 14.3 Å². The highest BCUT2D eigenvalue weighted by molar-refractivity contribution is 5.92. The van der Waals surface area contributed by atoms with Crippen molar-refractivity contribution in [3.05, 3.63) is 34.4 Å². The van der Waals surface area contributed by atoms with Crippen molar-refractivity contribution >= 4 is 5.97 Å². The third-order valence-electron chi connectivity index (χ3n) is 5.72. The SMILES string of the molecule is CC1=C2CC/C(C)=C/C[C@@H](O)[C@@]3(C)O[C@@H]3CC/C(C)=C/[C@@H]2OC1=O. The summed E-state index contributed by atoms with van der Waals surface area (Å²) < 4.78 is 11.3. The van der Waals surface area contributed by atoms with E-state index in [0.29, 0.717) is 6.42 Å². The van der Waals surface area contributed by atoms with Crippen LogP contribution in [0.1, 0.15) is 59.8 Å². The number of hydrogen-bond acceptors (Lipinski definition) is 4. The number of aliphatic hydroxyl groups excluding tert-OH is 1. The Morgan fingerprint density at radius 1 is 1.17 bits per heavy atom. The molecule has 0 saturated carbocycles. The lowest BCUT2D eigenvalue weighted by molar-refractivity contribution is -0.138. The summed E-state index contributed by atoms with van der Waals surface area (Å²) >= 11 is 0. The Kier molecular flexibility index (Phi) is 4.71. The minimum atomic E-state index is -0.463. The summed E-state index contributed by atoms with van der Waals surface area (Å²) in [6.07, 6.45) is 7.69. The fourth-order valence-corrected chi connectivity index (χ4v) is 3.68. The Hall–Kier alpha value is -1.39. The molecule has 3 aliphatic rings. The van der Waals surface area contributed by atoms with E-state index in [2.05, 4.69) is 26.0 Å². The summed E-state index contributed by atoms with van der Waals surface area (Å²) in [7, 11) is 0. The van der Waals surface area contributed by atoms with Crippen molar-refractivity contribution < 1.29 is 19.4 Å². The second-order valence-corrected chi connectivity index (χ2v) is 7.62. The third-order valence-corrected chi connectivity index (χ3v) is 5.72. The van der Waals surface area contributed by atoms with Crippen molar-refractivity contribution in [2.45, 2.75) is 83.7 Å². The van der Waals surface area contributed by atoms with E-state index in [1.165, 1.54) is 11.1 Å². The zero-order chi connectivity index (χ0) is 17.5. The predicted octanol–water partition coefficient (Wildman–Crippen LogP) is 3.60. The minimum absolute atomic E-state index is 0.107. The lowest BCUT2D eigenvalue weighted by Crippen LogP contribution is -2.28. The van der Waals surface area contributed by atoms with E-state index in [-0.39, 0.29) is 18.2 Å². The van der Waals surface area contributed by atoms with Gasteiger partial charge in [0, 0.05) is 5.57 Å². The summed E-state index contributed by atoms with van der Waals surface area (Å²) in [6.45, 7) is 8.01. The van der Waals surface area contributed by atoms with Gasteiger partial charge in [-0.1, -0.05) is 17.2 Å². The Morgan fingerprint density at radius 3 is 2.67 bits per heavy atom. The van der Waals surface area contributed by atoms with Crippen molar-refractivity contribution in [2.75, 3.05) is 0 Å². The molecule has 0 aromatic heterocycles. The molecular formula is C20H28O4. The van der Waals surface area contributed by atoms with Crippen molar-refractivity contribution in [2.24, 2.45) is 0 Å². The first-order chi connectivity index (χ1) is 11.3. The molecule has 0 unspecified atom stereocenters. The van der Waals surface area contributed by atoms with Crippen LogP contribution in [0, 0.1) is 0 Å². The van der Waals surface area contributed by atoms with Crippen molar-refractivity contribution in [3.63, 3.8) is 0 Å². The molecule has 0 aromatic rings. The molecule has 1 saturated heterocycles. The van der Waals surface area contributed by atoms with Gasteiger partial charge in [-0.15, -0.1) is 0 Å². The Bertz CT molecular complexity index is 628. The summed E-state index contributed by atoms with van der Waals surface area (Å²) in [5, 5.41) is 10.4. The molecule has 132 valence electrons. The minimum Gasteiger partial charge on any atom is -0.450 e. The van der Waals surface area contributed by atoms with Crippen molar-refractivity contribution in [1.82, 2.24) is 0 Å². The largest absolute Gasteiger partial charge is 0.450 e. The number of fused-ring (bicyclic) bond motifs is 2. The summed E-state index contributed by atoms with van der Waals surface area (Å²) in [4.78, 5) is 11.9. The van der Waals surface area contributed by atoms with Gasteiger partial charge in [0.05, 0.1) is 12.2 Å². The van der Waals surface area contributed by atoms with E-state index >= 15 is 0 Å². The van der Waals surface area contributed by atoms with E-state index in [9.17, 15) is 9.90 Å². The van der Waals surface area contributed by atoms with Crippen LogP contribution in [0.15, 0.2) is 34.4 Å². The maximum Gasteiger partial charge on any atom is 0.334 e. The number of rotatable bonds is 0. The summed E-state index contributed by atoms with van der Waals surface area (Å²) in [5.74, 6) is -0.196. The van der Waals surface area contributed by atoms with Crippen molar-refractivity contribution in [1.29, 1.82) is 0 Å². The van der Waals surface area contributed by atoms with Crippen LogP contribution in [0.4, 0.5) is 0 Å². The molecule has 0 radical (unpaired) electrons. The molecule has 1 aliphatic carbocycles. The van der Waals surface area contributed by atoms with E-state index in [1.54, 1.807) is 0 Å². The van der Waals surface area contributed by atoms with Crippen LogP contribution in [-0.4, -0.2) is 35.0 Å². The molecule has 0 amide bonds. The van der Waals surface area contributed by atoms with E-state index in [0.717, 1.165) is 36.8 Å². The Labute approximate surface area is 144 Å². The van der Waals surface area contributed by atoms with E-state index < -0.39 is 11.7 Å². The van der Waals surface area contributed by atoms with Gasteiger partial charge in [-0.05, 0) is 71.4 Å². The van der Waals surface area contributed by atoms with E-state index in [4.69, 9.17) is 9.47 Å². The van der Waals surface area contributed by atoms with Gasteiger partial charge >= 0.3 is 5.97 Å². The number of carbonyl (C=O) groups is 1. The van der Waals surface area contributed by atoms with Gasteiger partial charge in [0.25, 0.3) is 0 Å².